The summed E-state index contributed by atoms with van der Waals surface area (Å²) in [6, 6.07) is 16.9. The molecule has 1 N–H and O–H groups in total. The molecule has 2 unspecified atom stereocenters. The van der Waals surface area contributed by atoms with Gasteiger partial charge in [-0.3, -0.25) is 14.5 Å². The molecule has 3 heterocycles. The number of hydrogen-bond acceptors (Lipinski definition) is 8. The van der Waals surface area contributed by atoms with Gasteiger partial charge in [-0.2, -0.15) is 0 Å². The lowest BCUT2D eigenvalue weighted by Gasteiger charge is -2.23. The Labute approximate surface area is 222 Å². The molecule has 0 aliphatic carbocycles. The van der Waals surface area contributed by atoms with Crippen molar-refractivity contribution in [1.82, 2.24) is 4.98 Å². The Kier molecular flexibility index (Phi) is 5.80. The van der Waals surface area contributed by atoms with Crippen LogP contribution in [0.25, 0.3) is 16.0 Å². The van der Waals surface area contributed by atoms with Gasteiger partial charge in [-0.15, -0.1) is 0 Å². The topological polar surface area (TPSA) is 98.2 Å². The number of ketones is 1. The summed E-state index contributed by atoms with van der Waals surface area (Å²) >= 11 is 1.27. The van der Waals surface area contributed by atoms with Crippen molar-refractivity contribution >= 4 is 44.1 Å². The minimum absolute atomic E-state index is 0.00740. The number of thiazole rings is 1. The van der Waals surface area contributed by atoms with Crippen molar-refractivity contribution in [2.24, 2.45) is 0 Å². The van der Waals surface area contributed by atoms with Crippen LogP contribution in [0.15, 0.2) is 66.2 Å². The summed E-state index contributed by atoms with van der Waals surface area (Å²) < 4.78 is 17.3. The minimum atomic E-state index is -0.906. The quantitative estimate of drug-likeness (QED) is 0.214. The molecule has 0 saturated carbocycles. The molecule has 0 spiro atoms. The van der Waals surface area contributed by atoms with E-state index in [2.05, 4.69) is 4.98 Å². The maximum Gasteiger partial charge on any atom is 0.301 e. The second-order valence-electron chi connectivity index (χ2n) is 9.23. The number of aromatic nitrogens is 1. The Morgan fingerprint density at radius 3 is 2.63 bits per heavy atom. The molecular weight excluding hydrogens is 504 g/mol. The van der Waals surface area contributed by atoms with Crippen molar-refractivity contribution in [2.75, 3.05) is 19.1 Å². The third-order valence-electron chi connectivity index (χ3n) is 6.81. The molecule has 1 amide bonds. The number of fused-ring (bicyclic) bond motifs is 2. The molecule has 1 saturated heterocycles. The zero-order chi connectivity index (χ0) is 26.6. The maximum absolute atomic E-state index is 13.5. The number of carbonyl (C=O) groups is 2. The molecule has 2 aliphatic heterocycles. The van der Waals surface area contributed by atoms with E-state index in [-0.39, 0.29) is 17.4 Å². The molecule has 4 aromatic rings. The van der Waals surface area contributed by atoms with Gasteiger partial charge in [-0.05, 0) is 66.6 Å². The number of amides is 1. The van der Waals surface area contributed by atoms with E-state index in [1.807, 2.05) is 19.1 Å². The van der Waals surface area contributed by atoms with Crippen molar-refractivity contribution in [3.8, 4) is 17.2 Å². The highest BCUT2D eigenvalue weighted by molar-refractivity contribution is 7.22. The number of carbonyl (C=O) groups excluding carboxylic acids is 2. The van der Waals surface area contributed by atoms with Crippen LogP contribution in [0.3, 0.4) is 0 Å². The predicted octanol–water partition coefficient (Wildman–Crippen LogP) is 5.26. The zero-order valence-corrected chi connectivity index (χ0v) is 21.7. The van der Waals surface area contributed by atoms with Gasteiger partial charge in [-0.25, -0.2) is 4.98 Å². The monoisotopic (exact) mass is 528 g/mol. The number of ether oxygens (including phenoxy) is 3. The van der Waals surface area contributed by atoms with Crippen LogP contribution in [0, 0.1) is 0 Å². The smallest absolute Gasteiger partial charge is 0.301 e. The molecule has 9 heteroatoms. The predicted molar refractivity (Wildman–Crippen MR) is 144 cm³/mol. The maximum atomic E-state index is 13.5. The van der Waals surface area contributed by atoms with Gasteiger partial charge >= 0.3 is 5.91 Å². The highest BCUT2D eigenvalue weighted by Gasteiger charge is 2.48. The molecule has 38 heavy (non-hydrogen) atoms. The lowest BCUT2D eigenvalue weighted by Crippen LogP contribution is -2.29. The number of anilines is 1. The molecule has 1 fully saturated rings. The first-order valence-electron chi connectivity index (χ1n) is 12.1. The van der Waals surface area contributed by atoms with Crippen LogP contribution in [0.1, 0.15) is 29.7 Å². The Bertz CT molecular complexity index is 1640. The molecular formula is C29H24N2O6S. The Balaban J connectivity index is 1.53. The average molecular weight is 529 g/mol. The molecule has 0 radical (unpaired) electrons. The molecule has 1 aromatic heterocycles. The van der Waals surface area contributed by atoms with Crippen molar-refractivity contribution in [3.05, 3.63) is 82.9 Å². The molecule has 6 rings (SSSR count). The largest absolute Gasteiger partial charge is 0.507 e. The van der Waals surface area contributed by atoms with Crippen LogP contribution in [0.4, 0.5) is 5.13 Å². The Morgan fingerprint density at radius 1 is 1.05 bits per heavy atom. The van der Waals surface area contributed by atoms with E-state index < -0.39 is 17.7 Å². The summed E-state index contributed by atoms with van der Waals surface area (Å²) in [7, 11) is 3.13. The fourth-order valence-electron chi connectivity index (χ4n) is 5.00. The van der Waals surface area contributed by atoms with Crippen molar-refractivity contribution < 1.29 is 28.9 Å². The summed E-state index contributed by atoms with van der Waals surface area (Å²) in [6.07, 6.45) is 0.724. The number of aliphatic hydroxyl groups excluding tert-OH is 1. The van der Waals surface area contributed by atoms with Crippen LogP contribution in [0.5, 0.6) is 17.2 Å². The van der Waals surface area contributed by atoms with Gasteiger partial charge in [0.15, 0.2) is 5.13 Å². The number of aliphatic hydroxyl groups is 1. The zero-order valence-electron chi connectivity index (χ0n) is 20.9. The summed E-state index contributed by atoms with van der Waals surface area (Å²) in [5, 5.41) is 11.9. The number of nitrogens with zero attached hydrogens (tertiary/aromatic N) is 2. The third-order valence-corrected chi connectivity index (χ3v) is 7.83. The van der Waals surface area contributed by atoms with Crippen molar-refractivity contribution in [3.63, 3.8) is 0 Å². The van der Waals surface area contributed by atoms with Crippen LogP contribution in [-0.2, 0) is 16.0 Å². The van der Waals surface area contributed by atoms with Gasteiger partial charge in [0.05, 0.1) is 36.1 Å². The number of methoxy groups -OCH3 is 2. The Morgan fingerprint density at radius 2 is 1.84 bits per heavy atom. The first-order chi connectivity index (χ1) is 18.4. The van der Waals surface area contributed by atoms with Crippen LogP contribution >= 0.6 is 11.3 Å². The van der Waals surface area contributed by atoms with E-state index >= 15 is 0 Å². The summed E-state index contributed by atoms with van der Waals surface area (Å²) in [4.78, 5) is 33.1. The van der Waals surface area contributed by atoms with E-state index in [0.29, 0.717) is 39.7 Å². The fourth-order valence-corrected chi connectivity index (χ4v) is 6.03. The van der Waals surface area contributed by atoms with E-state index in [1.54, 1.807) is 62.8 Å². The summed E-state index contributed by atoms with van der Waals surface area (Å²) in [6.45, 7) is 1.97. The normalized spacial score (nSPS) is 20.0. The molecule has 8 nitrogen and oxygen atoms in total. The molecule has 3 aromatic carbocycles. The number of Topliss-reactive ketones (excluding diaryl/α,β-unsaturated/α-hetero) is 1. The van der Waals surface area contributed by atoms with E-state index in [0.717, 1.165) is 16.0 Å². The van der Waals surface area contributed by atoms with Crippen molar-refractivity contribution in [1.29, 1.82) is 0 Å². The standard InChI is InChI=1S/C29H24N2O6S/c1-15-11-18-12-17(7-10-22(18)37-15)26(32)24-25(16-5-4-6-19(13-16)35-2)31(28(34)27(24)33)29-30-21-9-8-20(36-3)14-23(21)38-29/h4-10,12-15,25,32H,11H2,1-3H3/b26-24+. The SMILES string of the molecule is COc1cccc(C2/C(=C(\O)c3ccc4c(c3)CC(C)O4)C(=O)C(=O)N2c2nc3ccc(OC)cc3s2)c1. The number of rotatable bonds is 5. The highest BCUT2D eigenvalue weighted by atomic mass is 32.1. The van der Waals surface area contributed by atoms with Crippen molar-refractivity contribution in [2.45, 2.75) is 25.5 Å². The lowest BCUT2D eigenvalue weighted by molar-refractivity contribution is -0.132. The molecule has 0 bridgehead atoms. The second kappa shape index (κ2) is 9.18. The van der Waals surface area contributed by atoms with Gasteiger partial charge in [-0.1, -0.05) is 23.5 Å². The molecule has 2 atom stereocenters. The van der Waals surface area contributed by atoms with Crippen LogP contribution < -0.4 is 19.1 Å². The van der Waals surface area contributed by atoms with Crippen LogP contribution in [-0.4, -0.2) is 42.1 Å². The number of benzene rings is 3. The molecule has 192 valence electrons. The van der Waals surface area contributed by atoms with E-state index in [9.17, 15) is 14.7 Å². The van der Waals surface area contributed by atoms with Gasteiger partial charge in [0.1, 0.15) is 29.1 Å². The average Bonchev–Trinajstić information content (AvgIpc) is 3.59. The first-order valence-corrected chi connectivity index (χ1v) is 12.9. The van der Waals surface area contributed by atoms with Gasteiger partial charge < -0.3 is 19.3 Å². The van der Waals surface area contributed by atoms with Gasteiger partial charge in [0.25, 0.3) is 5.78 Å². The highest BCUT2D eigenvalue weighted by Crippen LogP contribution is 2.45. The second-order valence-corrected chi connectivity index (χ2v) is 10.2. The van der Waals surface area contributed by atoms with Gasteiger partial charge in [0.2, 0.25) is 0 Å². The fraction of sp³-hybridized carbons (Fsp3) is 0.207. The Hall–Kier alpha value is -4.37. The first kappa shape index (κ1) is 24.0. The van der Waals surface area contributed by atoms with Gasteiger partial charge in [0, 0.05) is 12.0 Å². The minimum Gasteiger partial charge on any atom is -0.507 e. The van der Waals surface area contributed by atoms with E-state index in [1.165, 1.54) is 16.2 Å². The lowest BCUT2D eigenvalue weighted by atomic mass is 9.94. The molecule has 2 aliphatic rings. The third kappa shape index (κ3) is 3.86. The number of hydrogen-bond donors (Lipinski definition) is 1. The summed E-state index contributed by atoms with van der Waals surface area (Å²) in [5.74, 6) is 0.188. The summed E-state index contributed by atoms with van der Waals surface area (Å²) in [5.41, 5.74) is 2.66. The van der Waals surface area contributed by atoms with E-state index in [4.69, 9.17) is 14.2 Å². The van der Waals surface area contributed by atoms with Crippen LogP contribution in [0.2, 0.25) is 0 Å².